The van der Waals surface area contributed by atoms with E-state index in [-0.39, 0.29) is 10.9 Å². The van der Waals surface area contributed by atoms with Crippen molar-refractivity contribution in [2.45, 2.75) is 17.9 Å². The highest BCUT2D eigenvalue weighted by Crippen LogP contribution is 2.43. The third-order valence-electron chi connectivity index (χ3n) is 6.84. The van der Waals surface area contributed by atoms with Gasteiger partial charge in [-0.3, -0.25) is 0 Å². The van der Waals surface area contributed by atoms with Crippen molar-refractivity contribution in [3.05, 3.63) is 138 Å². The molecule has 0 aromatic heterocycles. The van der Waals surface area contributed by atoms with Gasteiger partial charge in [0.2, 0.25) is 0 Å². The van der Waals surface area contributed by atoms with Gasteiger partial charge in [0.1, 0.15) is 0 Å². The van der Waals surface area contributed by atoms with E-state index in [9.17, 15) is 8.42 Å². The molecule has 5 nitrogen and oxygen atoms in total. The maximum absolute atomic E-state index is 12.9. The number of hydrogen-bond donors (Lipinski definition) is 2. The Bertz CT molecular complexity index is 1690. The first-order valence-electron chi connectivity index (χ1n) is 12.5. The van der Waals surface area contributed by atoms with Crippen molar-refractivity contribution >= 4 is 43.9 Å². The van der Waals surface area contributed by atoms with E-state index in [1.807, 2.05) is 61.5 Å². The van der Waals surface area contributed by atoms with E-state index >= 15 is 0 Å². The molecule has 6 heteroatoms. The van der Waals surface area contributed by atoms with Crippen molar-refractivity contribution in [1.29, 1.82) is 0 Å². The first-order valence-corrected chi connectivity index (χ1v) is 14.0. The summed E-state index contributed by atoms with van der Waals surface area (Å²) in [7, 11) is -3.72. The first-order chi connectivity index (χ1) is 18.5. The van der Waals surface area contributed by atoms with Gasteiger partial charge in [-0.1, -0.05) is 90.5 Å². The van der Waals surface area contributed by atoms with Gasteiger partial charge < -0.3 is 4.90 Å². The number of aryl methyl sites for hydroxylation is 1. The quantitative estimate of drug-likeness (QED) is 0.225. The molecule has 0 saturated heterocycles. The van der Waals surface area contributed by atoms with Crippen molar-refractivity contribution in [1.82, 2.24) is 10.3 Å². The fourth-order valence-electron chi connectivity index (χ4n) is 4.97. The lowest BCUT2D eigenvalue weighted by molar-refractivity contribution is 0.536. The van der Waals surface area contributed by atoms with Crippen LogP contribution in [0.1, 0.15) is 22.7 Å². The van der Waals surface area contributed by atoms with Crippen LogP contribution in [0.5, 0.6) is 0 Å². The molecule has 5 aromatic rings. The van der Waals surface area contributed by atoms with Crippen LogP contribution in [-0.4, -0.2) is 8.42 Å². The summed E-state index contributed by atoms with van der Waals surface area (Å²) >= 11 is 0. The van der Waals surface area contributed by atoms with E-state index in [4.69, 9.17) is 0 Å². The van der Waals surface area contributed by atoms with Crippen LogP contribution in [0.3, 0.4) is 0 Å². The standard InChI is InChI=1S/C32H27N3O2S/c1-23-15-18-27(19-16-23)38(36,37)34-33-30-21-20-29-31(22-17-24-9-8-14-28(30)32(24)29)35(25-10-4-2-5-11-25)26-12-6-3-7-13-26/h2-22,30,33-34H,1H3. The summed E-state index contributed by atoms with van der Waals surface area (Å²) in [5.41, 5.74) is 9.33. The van der Waals surface area contributed by atoms with E-state index in [0.29, 0.717) is 0 Å². The monoisotopic (exact) mass is 517 g/mol. The number of hydrogen-bond acceptors (Lipinski definition) is 4. The summed E-state index contributed by atoms with van der Waals surface area (Å²) in [5, 5.41) is 2.19. The van der Waals surface area contributed by atoms with Crippen LogP contribution < -0.4 is 15.2 Å². The number of sulfonamides is 1. The smallest absolute Gasteiger partial charge is 0.253 e. The number of nitrogens with zero attached hydrogens (tertiary/aromatic N) is 1. The normalized spacial score (nSPS) is 14.5. The fraction of sp³-hybridized carbons (Fsp3) is 0.0625. The molecule has 1 unspecified atom stereocenters. The maximum Gasteiger partial charge on any atom is 0.253 e. The lowest BCUT2D eigenvalue weighted by Gasteiger charge is -2.30. The highest BCUT2D eigenvalue weighted by Gasteiger charge is 2.24. The van der Waals surface area contributed by atoms with Gasteiger partial charge in [0, 0.05) is 16.9 Å². The number of nitrogens with one attached hydrogen (secondary N) is 2. The molecule has 6 rings (SSSR count). The molecule has 1 atom stereocenters. The number of benzene rings is 5. The van der Waals surface area contributed by atoms with Crippen LogP contribution in [0.15, 0.2) is 126 Å². The fourth-order valence-corrected chi connectivity index (χ4v) is 5.86. The SMILES string of the molecule is Cc1ccc(S(=O)(=O)NNC2C=Cc3c(N(c4ccccc4)c4ccccc4)ccc4cccc2c34)cc1. The molecule has 0 radical (unpaired) electrons. The van der Waals surface area contributed by atoms with E-state index in [2.05, 4.69) is 63.7 Å². The van der Waals surface area contributed by atoms with E-state index in [1.165, 1.54) is 0 Å². The molecule has 188 valence electrons. The predicted molar refractivity (Wildman–Crippen MR) is 155 cm³/mol. The van der Waals surface area contributed by atoms with Crippen molar-refractivity contribution in [3.8, 4) is 0 Å². The summed E-state index contributed by atoms with van der Waals surface area (Å²) in [6.45, 7) is 1.93. The Morgan fingerprint density at radius 3 is 2.03 bits per heavy atom. The molecular weight excluding hydrogens is 490 g/mol. The lowest BCUT2D eigenvalue weighted by Crippen LogP contribution is -2.39. The van der Waals surface area contributed by atoms with E-state index in [0.717, 1.165) is 44.5 Å². The predicted octanol–water partition coefficient (Wildman–Crippen LogP) is 7.17. The zero-order valence-corrected chi connectivity index (χ0v) is 21.7. The minimum atomic E-state index is -3.72. The van der Waals surface area contributed by atoms with Gasteiger partial charge in [0.15, 0.2) is 0 Å². The average molecular weight is 518 g/mol. The van der Waals surface area contributed by atoms with Crippen molar-refractivity contribution < 1.29 is 8.42 Å². The molecule has 0 spiro atoms. The highest BCUT2D eigenvalue weighted by molar-refractivity contribution is 7.89. The van der Waals surface area contributed by atoms with Crippen LogP contribution in [0.2, 0.25) is 0 Å². The van der Waals surface area contributed by atoms with Gasteiger partial charge in [0.05, 0.1) is 16.6 Å². The molecule has 1 aliphatic rings. The number of para-hydroxylation sites is 2. The summed E-state index contributed by atoms with van der Waals surface area (Å²) in [4.78, 5) is 5.06. The Morgan fingerprint density at radius 1 is 0.711 bits per heavy atom. The molecule has 0 bridgehead atoms. The van der Waals surface area contributed by atoms with Crippen LogP contribution in [0.25, 0.3) is 16.8 Å². The summed E-state index contributed by atoms with van der Waals surface area (Å²) in [6, 6.07) is 37.5. The Balaban J connectivity index is 1.41. The topological polar surface area (TPSA) is 61.4 Å². The highest BCUT2D eigenvalue weighted by atomic mass is 32.2. The molecule has 2 N–H and O–H groups in total. The van der Waals surface area contributed by atoms with Crippen molar-refractivity contribution in [2.24, 2.45) is 0 Å². The van der Waals surface area contributed by atoms with Gasteiger partial charge in [-0.05, 0) is 65.7 Å². The minimum absolute atomic E-state index is 0.220. The molecule has 0 saturated carbocycles. The van der Waals surface area contributed by atoms with Crippen LogP contribution in [0, 0.1) is 6.92 Å². The largest absolute Gasteiger partial charge is 0.310 e. The Hall–Kier alpha value is -4.23. The maximum atomic E-state index is 12.9. The van der Waals surface area contributed by atoms with Crippen LogP contribution in [0.4, 0.5) is 17.1 Å². The van der Waals surface area contributed by atoms with Gasteiger partial charge in [0.25, 0.3) is 10.0 Å². The Morgan fingerprint density at radius 2 is 1.37 bits per heavy atom. The average Bonchev–Trinajstić information content (AvgIpc) is 2.95. The second-order valence-electron chi connectivity index (χ2n) is 9.35. The number of hydrazine groups is 1. The van der Waals surface area contributed by atoms with Gasteiger partial charge in [-0.2, -0.15) is 0 Å². The summed E-state index contributed by atoms with van der Waals surface area (Å²) < 4.78 is 25.9. The number of anilines is 3. The molecule has 0 aliphatic heterocycles. The van der Waals surface area contributed by atoms with Crippen LogP contribution in [-0.2, 0) is 10.0 Å². The molecule has 0 fully saturated rings. The zero-order chi connectivity index (χ0) is 26.1. The zero-order valence-electron chi connectivity index (χ0n) is 20.9. The summed E-state index contributed by atoms with van der Waals surface area (Å²) in [5.74, 6) is 0. The summed E-state index contributed by atoms with van der Waals surface area (Å²) in [6.07, 6.45) is 4.09. The second kappa shape index (κ2) is 9.91. The van der Waals surface area contributed by atoms with Crippen LogP contribution >= 0.6 is 0 Å². The Labute approximate surface area is 223 Å². The van der Waals surface area contributed by atoms with Crippen molar-refractivity contribution in [3.63, 3.8) is 0 Å². The molecule has 0 heterocycles. The van der Waals surface area contributed by atoms with Gasteiger partial charge in [-0.25, -0.2) is 13.8 Å². The lowest BCUT2D eigenvalue weighted by atomic mass is 9.89. The second-order valence-corrected chi connectivity index (χ2v) is 11.0. The molecular formula is C32H27N3O2S. The first kappa shape index (κ1) is 24.1. The van der Waals surface area contributed by atoms with Gasteiger partial charge >= 0.3 is 0 Å². The molecule has 38 heavy (non-hydrogen) atoms. The minimum Gasteiger partial charge on any atom is -0.310 e. The molecule has 1 aliphatic carbocycles. The third-order valence-corrected chi connectivity index (χ3v) is 8.11. The van der Waals surface area contributed by atoms with E-state index < -0.39 is 10.0 Å². The van der Waals surface area contributed by atoms with E-state index in [1.54, 1.807) is 24.3 Å². The Kier molecular flexibility index (Phi) is 6.29. The third kappa shape index (κ3) is 4.50. The van der Waals surface area contributed by atoms with Crippen molar-refractivity contribution in [2.75, 3.05) is 4.90 Å². The van der Waals surface area contributed by atoms with Gasteiger partial charge in [-0.15, -0.1) is 4.83 Å². The molecule has 5 aromatic carbocycles. The molecule has 0 amide bonds. The number of rotatable bonds is 7.